The number of aryl methyl sites for hydroxylation is 1. The fourth-order valence-corrected chi connectivity index (χ4v) is 2.13. The number of aliphatic imine (C=N–C) groups is 1. The van der Waals surface area contributed by atoms with Crippen LogP contribution in [0.25, 0.3) is 0 Å². The van der Waals surface area contributed by atoms with Gasteiger partial charge in [-0.15, -0.1) is 0 Å². The van der Waals surface area contributed by atoms with Gasteiger partial charge in [-0.25, -0.2) is 4.98 Å². The van der Waals surface area contributed by atoms with E-state index >= 15 is 0 Å². The summed E-state index contributed by atoms with van der Waals surface area (Å²) < 4.78 is 7.25. The molecule has 0 amide bonds. The van der Waals surface area contributed by atoms with Gasteiger partial charge in [-0.05, 0) is 18.1 Å². The van der Waals surface area contributed by atoms with Gasteiger partial charge < -0.3 is 15.4 Å². The van der Waals surface area contributed by atoms with Gasteiger partial charge in [-0.1, -0.05) is 24.3 Å². The van der Waals surface area contributed by atoms with Crippen LogP contribution >= 0.6 is 0 Å². The maximum absolute atomic E-state index is 5.51. The Morgan fingerprint density at radius 1 is 1.22 bits per heavy atom. The van der Waals surface area contributed by atoms with Gasteiger partial charge in [0.25, 0.3) is 0 Å². The van der Waals surface area contributed by atoms with Gasteiger partial charge in [-0.3, -0.25) is 9.67 Å². The Balaban J connectivity index is 1.89. The first-order chi connectivity index (χ1) is 11.2. The lowest BCUT2D eigenvalue weighted by Crippen LogP contribution is -2.37. The van der Waals surface area contributed by atoms with Crippen molar-refractivity contribution in [1.82, 2.24) is 25.4 Å². The lowest BCUT2D eigenvalue weighted by molar-refractivity contribution is 0.133. The largest absolute Gasteiger partial charge is 0.377 e. The van der Waals surface area contributed by atoms with Crippen LogP contribution in [0.3, 0.4) is 0 Å². The predicted molar refractivity (Wildman–Crippen MR) is 89.8 cm³/mol. The van der Waals surface area contributed by atoms with Crippen LogP contribution in [0.1, 0.15) is 23.9 Å². The van der Waals surface area contributed by atoms with E-state index in [9.17, 15) is 0 Å². The smallest absolute Gasteiger partial charge is 0.191 e. The molecule has 0 fully saturated rings. The highest BCUT2D eigenvalue weighted by Gasteiger charge is 2.05. The van der Waals surface area contributed by atoms with Crippen LogP contribution in [0, 0.1) is 0 Å². The van der Waals surface area contributed by atoms with Crippen molar-refractivity contribution in [2.75, 3.05) is 13.7 Å². The standard InChI is InChI=1S/C16H24N6O/c1-4-23-11-14-8-6-5-7-13(14)9-18-16(17-2)19-10-15-20-12-21-22(15)3/h5-8,12H,4,9-11H2,1-3H3,(H2,17,18,19). The molecule has 0 atom stereocenters. The molecular formula is C16H24N6O. The molecule has 23 heavy (non-hydrogen) atoms. The molecule has 0 spiro atoms. The van der Waals surface area contributed by atoms with Gasteiger partial charge in [0.2, 0.25) is 0 Å². The van der Waals surface area contributed by atoms with Crippen LogP contribution < -0.4 is 10.6 Å². The first kappa shape index (κ1) is 17.0. The molecule has 0 radical (unpaired) electrons. The number of nitrogens with zero attached hydrogens (tertiary/aromatic N) is 4. The summed E-state index contributed by atoms with van der Waals surface area (Å²) in [4.78, 5) is 8.41. The molecule has 1 heterocycles. The summed E-state index contributed by atoms with van der Waals surface area (Å²) in [6.45, 7) is 4.58. The van der Waals surface area contributed by atoms with E-state index in [1.807, 2.05) is 26.1 Å². The third kappa shape index (κ3) is 5.07. The molecule has 1 aromatic heterocycles. The first-order valence-electron chi connectivity index (χ1n) is 7.66. The summed E-state index contributed by atoms with van der Waals surface area (Å²) in [6, 6.07) is 8.24. The fourth-order valence-electron chi connectivity index (χ4n) is 2.13. The van der Waals surface area contributed by atoms with Gasteiger partial charge >= 0.3 is 0 Å². The van der Waals surface area contributed by atoms with E-state index in [4.69, 9.17) is 4.74 Å². The van der Waals surface area contributed by atoms with Gasteiger partial charge in [0, 0.05) is 27.2 Å². The minimum Gasteiger partial charge on any atom is -0.377 e. The van der Waals surface area contributed by atoms with E-state index in [2.05, 4.69) is 37.8 Å². The van der Waals surface area contributed by atoms with Crippen molar-refractivity contribution >= 4 is 5.96 Å². The molecule has 7 nitrogen and oxygen atoms in total. The van der Waals surface area contributed by atoms with Crippen molar-refractivity contribution in [1.29, 1.82) is 0 Å². The topological polar surface area (TPSA) is 76.4 Å². The molecule has 2 aromatic rings. The Labute approximate surface area is 136 Å². The molecule has 124 valence electrons. The van der Waals surface area contributed by atoms with E-state index in [1.165, 1.54) is 17.5 Å². The summed E-state index contributed by atoms with van der Waals surface area (Å²) in [5.41, 5.74) is 2.38. The monoisotopic (exact) mass is 316 g/mol. The molecular weight excluding hydrogens is 292 g/mol. The molecule has 2 rings (SSSR count). The number of ether oxygens (including phenoxy) is 1. The Kier molecular flexibility index (Phi) is 6.56. The zero-order valence-corrected chi connectivity index (χ0v) is 13.9. The summed E-state index contributed by atoms with van der Waals surface area (Å²) in [5.74, 6) is 1.57. The zero-order valence-electron chi connectivity index (χ0n) is 13.9. The average molecular weight is 316 g/mol. The van der Waals surface area contributed by atoms with E-state index in [1.54, 1.807) is 11.7 Å². The fraction of sp³-hybridized carbons (Fsp3) is 0.438. The average Bonchev–Trinajstić information content (AvgIpc) is 2.99. The van der Waals surface area contributed by atoms with Crippen LogP contribution in [0.2, 0.25) is 0 Å². The maximum Gasteiger partial charge on any atom is 0.191 e. The summed E-state index contributed by atoms with van der Waals surface area (Å²) in [6.07, 6.45) is 1.54. The molecule has 0 unspecified atom stereocenters. The summed E-state index contributed by atoms with van der Waals surface area (Å²) in [5, 5.41) is 10.6. The second kappa shape index (κ2) is 8.89. The predicted octanol–water partition coefficient (Wildman–Crippen LogP) is 1.22. The molecule has 0 aliphatic heterocycles. The highest BCUT2D eigenvalue weighted by Crippen LogP contribution is 2.09. The Hall–Kier alpha value is -2.41. The molecule has 0 saturated carbocycles. The van der Waals surface area contributed by atoms with Crippen LogP contribution in [0.15, 0.2) is 35.6 Å². The molecule has 1 aromatic carbocycles. The summed E-state index contributed by atoms with van der Waals surface area (Å²) >= 11 is 0. The third-order valence-electron chi connectivity index (χ3n) is 3.47. The van der Waals surface area contributed by atoms with Crippen molar-refractivity contribution in [2.24, 2.45) is 12.0 Å². The number of benzene rings is 1. The Morgan fingerprint density at radius 2 is 1.96 bits per heavy atom. The van der Waals surface area contributed by atoms with E-state index in [0.29, 0.717) is 26.3 Å². The van der Waals surface area contributed by atoms with Crippen molar-refractivity contribution in [2.45, 2.75) is 26.6 Å². The molecule has 0 aliphatic rings. The normalized spacial score (nSPS) is 11.5. The molecule has 2 N–H and O–H groups in total. The molecule has 7 heteroatoms. The maximum atomic E-state index is 5.51. The quantitative estimate of drug-likeness (QED) is 0.593. The first-order valence-corrected chi connectivity index (χ1v) is 7.66. The number of rotatable bonds is 7. The minimum absolute atomic E-state index is 0.566. The number of nitrogens with one attached hydrogen (secondary N) is 2. The number of hydrogen-bond acceptors (Lipinski definition) is 4. The van der Waals surface area contributed by atoms with Crippen molar-refractivity contribution in [3.63, 3.8) is 0 Å². The van der Waals surface area contributed by atoms with Crippen LogP contribution in [-0.2, 0) is 31.5 Å². The molecule has 0 aliphatic carbocycles. The van der Waals surface area contributed by atoms with Gasteiger partial charge in [-0.2, -0.15) is 5.10 Å². The van der Waals surface area contributed by atoms with Crippen LogP contribution in [-0.4, -0.2) is 34.4 Å². The van der Waals surface area contributed by atoms with E-state index in [0.717, 1.165) is 11.8 Å². The zero-order chi connectivity index (χ0) is 16.5. The van der Waals surface area contributed by atoms with Gasteiger partial charge in [0.05, 0.1) is 13.2 Å². The van der Waals surface area contributed by atoms with E-state index in [-0.39, 0.29) is 0 Å². The summed E-state index contributed by atoms with van der Waals surface area (Å²) in [7, 11) is 3.61. The highest BCUT2D eigenvalue weighted by atomic mass is 16.5. The van der Waals surface area contributed by atoms with Crippen LogP contribution in [0.5, 0.6) is 0 Å². The van der Waals surface area contributed by atoms with Crippen molar-refractivity contribution < 1.29 is 4.74 Å². The number of guanidine groups is 1. The lowest BCUT2D eigenvalue weighted by atomic mass is 10.1. The Bertz CT molecular complexity index is 637. The number of aromatic nitrogens is 3. The second-order valence-corrected chi connectivity index (χ2v) is 4.99. The molecule has 0 saturated heterocycles. The Morgan fingerprint density at radius 3 is 2.61 bits per heavy atom. The lowest BCUT2D eigenvalue weighted by Gasteiger charge is -2.14. The second-order valence-electron chi connectivity index (χ2n) is 4.99. The van der Waals surface area contributed by atoms with Gasteiger partial charge in [0.15, 0.2) is 5.96 Å². The molecule has 0 bridgehead atoms. The minimum atomic E-state index is 0.566. The van der Waals surface area contributed by atoms with Gasteiger partial charge in [0.1, 0.15) is 12.2 Å². The van der Waals surface area contributed by atoms with Crippen molar-refractivity contribution in [3.05, 3.63) is 47.5 Å². The van der Waals surface area contributed by atoms with E-state index < -0.39 is 0 Å². The van der Waals surface area contributed by atoms with Crippen LogP contribution in [0.4, 0.5) is 0 Å². The third-order valence-corrected chi connectivity index (χ3v) is 3.47. The number of hydrogen-bond donors (Lipinski definition) is 2. The highest BCUT2D eigenvalue weighted by molar-refractivity contribution is 5.79. The SMILES string of the molecule is CCOCc1ccccc1CNC(=NC)NCc1ncnn1C. The van der Waals surface area contributed by atoms with Crippen molar-refractivity contribution in [3.8, 4) is 0 Å².